The number of ether oxygens (including phenoxy) is 2. The Morgan fingerprint density at radius 3 is 2.72 bits per heavy atom. The summed E-state index contributed by atoms with van der Waals surface area (Å²) in [5, 5.41) is 12.0. The minimum atomic E-state index is -1.11. The van der Waals surface area contributed by atoms with Crippen molar-refractivity contribution in [2.45, 2.75) is 32.3 Å². The number of rotatable bonds is 6. The van der Waals surface area contributed by atoms with Crippen LogP contribution in [-0.4, -0.2) is 39.4 Å². The number of hydrogen-bond acceptors (Lipinski definition) is 6. The van der Waals surface area contributed by atoms with Gasteiger partial charge in [-0.05, 0) is 12.5 Å². The minimum Gasteiger partial charge on any atom is -0.481 e. The SMILES string of the molecule is Cc1cn([C@H]2CC(C(=O)O)[C@@H](CNC(=O)OCc3ccccc3)O2)c(=O)[nH]c1=O. The number of carboxylic acids is 1. The molecule has 1 aliphatic heterocycles. The van der Waals surface area contributed by atoms with Gasteiger partial charge in [0.05, 0.1) is 12.0 Å². The topological polar surface area (TPSA) is 140 Å². The minimum absolute atomic E-state index is 0.0200. The van der Waals surface area contributed by atoms with E-state index in [4.69, 9.17) is 9.47 Å². The molecule has 1 unspecified atom stereocenters. The lowest BCUT2D eigenvalue weighted by molar-refractivity contribution is -0.143. The number of H-pyrrole nitrogens is 1. The number of carbonyl (C=O) groups excluding carboxylic acids is 1. The van der Waals surface area contributed by atoms with Crippen LogP contribution in [-0.2, 0) is 20.9 Å². The lowest BCUT2D eigenvalue weighted by Gasteiger charge is -2.17. The molecule has 1 fully saturated rings. The zero-order valence-corrected chi connectivity index (χ0v) is 15.7. The summed E-state index contributed by atoms with van der Waals surface area (Å²) >= 11 is 0. The van der Waals surface area contributed by atoms with E-state index in [2.05, 4.69) is 10.3 Å². The second kappa shape index (κ2) is 8.74. The van der Waals surface area contributed by atoms with Gasteiger partial charge >= 0.3 is 17.8 Å². The number of carbonyl (C=O) groups is 2. The maximum atomic E-state index is 12.0. The van der Waals surface area contributed by atoms with Crippen molar-refractivity contribution in [2.75, 3.05) is 6.54 Å². The number of benzene rings is 1. The highest BCUT2D eigenvalue weighted by Gasteiger charge is 2.41. The molecule has 0 radical (unpaired) electrons. The van der Waals surface area contributed by atoms with Gasteiger partial charge < -0.3 is 19.9 Å². The normalized spacial score (nSPS) is 20.9. The van der Waals surface area contributed by atoms with Gasteiger partial charge in [0.1, 0.15) is 12.8 Å². The number of aliphatic carboxylic acids is 1. The van der Waals surface area contributed by atoms with Crippen molar-refractivity contribution in [3.05, 3.63) is 68.5 Å². The summed E-state index contributed by atoms with van der Waals surface area (Å²) in [4.78, 5) is 49.2. The average Bonchev–Trinajstić information content (AvgIpc) is 3.12. The third-order valence-electron chi connectivity index (χ3n) is 4.67. The first kappa shape index (κ1) is 20.3. The van der Waals surface area contributed by atoms with Crippen LogP contribution in [0.2, 0.25) is 0 Å². The van der Waals surface area contributed by atoms with Crippen molar-refractivity contribution in [2.24, 2.45) is 5.92 Å². The summed E-state index contributed by atoms with van der Waals surface area (Å²) in [6.45, 7) is 1.51. The molecule has 1 saturated heterocycles. The Morgan fingerprint density at radius 2 is 2.03 bits per heavy atom. The van der Waals surface area contributed by atoms with Gasteiger partial charge in [0.2, 0.25) is 0 Å². The molecule has 29 heavy (non-hydrogen) atoms. The summed E-state index contributed by atoms with van der Waals surface area (Å²) in [6.07, 6.45) is -1.09. The van der Waals surface area contributed by atoms with E-state index in [0.29, 0.717) is 5.56 Å². The molecule has 0 spiro atoms. The number of nitrogens with one attached hydrogen (secondary N) is 2. The second-order valence-electron chi connectivity index (χ2n) is 6.73. The fraction of sp³-hybridized carbons (Fsp3) is 0.368. The number of aryl methyl sites for hydroxylation is 1. The van der Waals surface area contributed by atoms with Gasteiger partial charge in [-0.3, -0.25) is 19.1 Å². The molecule has 3 atom stereocenters. The molecule has 1 amide bonds. The van der Waals surface area contributed by atoms with Crippen molar-refractivity contribution in [1.29, 1.82) is 0 Å². The van der Waals surface area contributed by atoms with E-state index < -0.39 is 41.6 Å². The van der Waals surface area contributed by atoms with Crippen molar-refractivity contribution in [3.63, 3.8) is 0 Å². The molecule has 1 aromatic heterocycles. The van der Waals surface area contributed by atoms with E-state index in [1.54, 1.807) is 0 Å². The summed E-state index contributed by atoms with van der Waals surface area (Å²) in [6, 6.07) is 9.10. The zero-order chi connectivity index (χ0) is 21.0. The second-order valence-corrected chi connectivity index (χ2v) is 6.73. The Hall–Kier alpha value is -3.40. The fourth-order valence-electron chi connectivity index (χ4n) is 3.11. The summed E-state index contributed by atoms with van der Waals surface area (Å²) in [7, 11) is 0. The molecule has 1 aliphatic rings. The van der Waals surface area contributed by atoms with Crippen LogP contribution in [0.3, 0.4) is 0 Å². The number of nitrogens with zero attached hydrogens (tertiary/aromatic N) is 1. The Labute approximate surface area is 165 Å². The van der Waals surface area contributed by atoms with Crippen molar-refractivity contribution >= 4 is 12.1 Å². The van der Waals surface area contributed by atoms with Gasteiger partial charge in [0.15, 0.2) is 0 Å². The molecule has 154 valence electrons. The highest BCUT2D eigenvalue weighted by molar-refractivity contribution is 5.71. The Balaban J connectivity index is 1.62. The van der Waals surface area contributed by atoms with Gasteiger partial charge in [-0.25, -0.2) is 9.59 Å². The first-order valence-electron chi connectivity index (χ1n) is 9.00. The molecular formula is C19H21N3O7. The molecule has 1 aromatic carbocycles. The highest BCUT2D eigenvalue weighted by atomic mass is 16.6. The molecular weight excluding hydrogens is 382 g/mol. The smallest absolute Gasteiger partial charge is 0.407 e. The number of amides is 1. The van der Waals surface area contributed by atoms with Crippen LogP contribution >= 0.6 is 0 Å². The van der Waals surface area contributed by atoms with Crippen molar-refractivity contribution in [1.82, 2.24) is 14.9 Å². The van der Waals surface area contributed by atoms with Crippen LogP contribution in [0, 0.1) is 12.8 Å². The van der Waals surface area contributed by atoms with E-state index in [9.17, 15) is 24.3 Å². The molecule has 0 bridgehead atoms. The first-order valence-corrected chi connectivity index (χ1v) is 9.00. The van der Waals surface area contributed by atoms with Crippen LogP contribution < -0.4 is 16.6 Å². The maximum Gasteiger partial charge on any atom is 0.407 e. The molecule has 2 aromatic rings. The van der Waals surface area contributed by atoms with E-state index in [1.807, 2.05) is 30.3 Å². The quantitative estimate of drug-likeness (QED) is 0.647. The molecule has 3 rings (SSSR count). The van der Waals surface area contributed by atoms with Crippen LogP contribution in [0.15, 0.2) is 46.1 Å². The molecule has 0 aliphatic carbocycles. The number of hydrogen-bond donors (Lipinski definition) is 3. The Bertz CT molecular complexity index is 999. The molecule has 2 heterocycles. The number of alkyl carbamates (subject to hydrolysis) is 1. The van der Waals surface area contributed by atoms with Crippen LogP contribution in [0.1, 0.15) is 23.8 Å². The average molecular weight is 403 g/mol. The summed E-state index contributed by atoms with van der Waals surface area (Å²) in [5.41, 5.74) is -0.0915. The Morgan fingerprint density at radius 1 is 1.31 bits per heavy atom. The molecule has 3 N–H and O–H groups in total. The molecule has 10 heteroatoms. The number of carboxylic acid groups (broad SMARTS) is 1. The van der Waals surface area contributed by atoms with E-state index in [0.717, 1.165) is 10.1 Å². The van der Waals surface area contributed by atoms with Gasteiger partial charge in [-0.1, -0.05) is 30.3 Å². The summed E-state index contributed by atoms with van der Waals surface area (Å²) in [5.74, 6) is -2.04. The van der Waals surface area contributed by atoms with Crippen LogP contribution in [0.25, 0.3) is 0 Å². The maximum absolute atomic E-state index is 12.0. The van der Waals surface area contributed by atoms with Gasteiger partial charge in [-0.2, -0.15) is 0 Å². The largest absolute Gasteiger partial charge is 0.481 e. The van der Waals surface area contributed by atoms with E-state index in [1.165, 1.54) is 13.1 Å². The third kappa shape index (κ3) is 4.91. The van der Waals surface area contributed by atoms with Crippen molar-refractivity contribution < 1.29 is 24.2 Å². The lowest BCUT2D eigenvalue weighted by Crippen LogP contribution is -2.38. The van der Waals surface area contributed by atoms with Crippen LogP contribution in [0.5, 0.6) is 0 Å². The van der Waals surface area contributed by atoms with Gasteiger partial charge in [-0.15, -0.1) is 0 Å². The predicted octanol–water partition coefficient (Wildman–Crippen LogP) is 0.760. The molecule has 10 nitrogen and oxygen atoms in total. The molecule has 0 saturated carbocycles. The van der Waals surface area contributed by atoms with Gasteiger partial charge in [0.25, 0.3) is 5.56 Å². The van der Waals surface area contributed by atoms with Crippen LogP contribution in [0.4, 0.5) is 4.79 Å². The standard InChI is InChI=1S/C19H21N3O7/c1-11-9-22(18(26)21-16(11)23)15-7-13(17(24)25)14(29-15)8-20-19(27)28-10-12-5-3-2-4-6-12/h2-6,9,13-15H,7-8,10H2,1H3,(H,20,27)(H,24,25)(H,21,23,26)/t13?,14-,15-/m1/s1. The van der Waals surface area contributed by atoms with E-state index >= 15 is 0 Å². The number of aromatic amines is 1. The number of aromatic nitrogens is 2. The third-order valence-corrected chi connectivity index (χ3v) is 4.67. The van der Waals surface area contributed by atoms with E-state index in [-0.39, 0.29) is 19.6 Å². The lowest BCUT2D eigenvalue weighted by atomic mass is 10.0. The monoisotopic (exact) mass is 403 g/mol. The fourth-order valence-corrected chi connectivity index (χ4v) is 3.11. The highest BCUT2D eigenvalue weighted by Crippen LogP contribution is 2.32. The zero-order valence-electron chi connectivity index (χ0n) is 15.7. The summed E-state index contributed by atoms with van der Waals surface area (Å²) < 4.78 is 11.9. The van der Waals surface area contributed by atoms with Crippen molar-refractivity contribution in [3.8, 4) is 0 Å². The van der Waals surface area contributed by atoms with Gasteiger partial charge in [0, 0.05) is 24.7 Å². The Kier molecular flexibility index (Phi) is 6.13. The predicted molar refractivity (Wildman–Crippen MR) is 100 cm³/mol. The first-order chi connectivity index (χ1) is 13.8.